The zero-order valence-corrected chi connectivity index (χ0v) is 14.9. The molecule has 1 atom stereocenters. The van der Waals surface area contributed by atoms with Crippen molar-refractivity contribution in [1.29, 1.82) is 0 Å². The zero-order chi connectivity index (χ0) is 18.5. The Kier molecular flexibility index (Phi) is 5.66. The summed E-state index contributed by atoms with van der Waals surface area (Å²) in [5.74, 6) is -1.38. The summed E-state index contributed by atoms with van der Waals surface area (Å²) in [5.41, 5.74) is 2.19. The average molecular weight is 354 g/mol. The number of halogens is 1. The Morgan fingerprint density at radius 3 is 2.62 bits per heavy atom. The number of nitrogens with zero attached hydrogens (tertiary/aromatic N) is 1. The van der Waals surface area contributed by atoms with Crippen molar-refractivity contribution in [3.8, 4) is 0 Å². The van der Waals surface area contributed by atoms with Crippen molar-refractivity contribution < 1.29 is 14.0 Å². The highest BCUT2D eigenvalue weighted by molar-refractivity contribution is 6.03. The molecule has 1 heterocycles. The molecule has 0 bridgehead atoms. The van der Waals surface area contributed by atoms with Crippen LogP contribution < -0.4 is 10.2 Å². The van der Waals surface area contributed by atoms with Gasteiger partial charge >= 0.3 is 0 Å². The van der Waals surface area contributed by atoms with Gasteiger partial charge in [0.15, 0.2) is 0 Å². The summed E-state index contributed by atoms with van der Waals surface area (Å²) in [4.78, 5) is 26.1. The number of rotatable bonds is 6. The van der Waals surface area contributed by atoms with Crippen molar-refractivity contribution in [2.75, 3.05) is 16.8 Å². The van der Waals surface area contributed by atoms with Crippen LogP contribution in [0.1, 0.15) is 31.7 Å². The maximum Gasteiger partial charge on any atom is 0.229 e. The minimum atomic E-state index is -0.484. The molecule has 2 aromatic carbocycles. The first-order valence-electron chi connectivity index (χ1n) is 9.03. The van der Waals surface area contributed by atoms with Crippen LogP contribution in [0.15, 0.2) is 48.5 Å². The highest BCUT2D eigenvalue weighted by Crippen LogP contribution is 2.28. The minimum Gasteiger partial charge on any atom is -0.326 e. The van der Waals surface area contributed by atoms with E-state index in [2.05, 4.69) is 12.2 Å². The van der Waals surface area contributed by atoms with E-state index in [-0.39, 0.29) is 30.5 Å². The number of benzene rings is 2. The number of unbranched alkanes of at least 4 members (excludes halogenated alkanes) is 1. The molecule has 1 aliphatic rings. The fourth-order valence-corrected chi connectivity index (χ4v) is 3.17. The lowest BCUT2D eigenvalue weighted by molar-refractivity contribution is -0.122. The Bertz CT molecular complexity index is 789. The van der Waals surface area contributed by atoms with Crippen LogP contribution in [0.3, 0.4) is 0 Å². The maximum atomic E-state index is 13.9. The second-order valence-corrected chi connectivity index (χ2v) is 6.65. The van der Waals surface area contributed by atoms with E-state index < -0.39 is 11.7 Å². The van der Waals surface area contributed by atoms with E-state index in [0.29, 0.717) is 5.69 Å². The number of aryl methyl sites for hydroxylation is 1. The van der Waals surface area contributed by atoms with Crippen LogP contribution >= 0.6 is 0 Å². The summed E-state index contributed by atoms with van der Waals surface area (Å²) < 4.78 is 13.9. The first kappa shape index (κ1) is 18.1. The SMILES string of the molecule is CCCCc1ccc(NC(=O)[C@H]2CC(=O)N(c3ccccc3F)C2)cc1. The molecule has 0 radical (unpaired) electrons. The number of para-hydroxylation sites is 1. The third-order valence-corrected chi connectivity index (χ3v) is 4.68. The number of hydrogen-bond acceptors (Lipinski definition) is 2. The van der Waals surface area contributed by atoms with Crippen molar-refractivity contribution in [3.63, 3.8) is 0 Å². The standard InChI is InChI=1S/C21H23FN2O2/c1-2-3-6-15-9-11-17(12-10-15)23-21(26)16-13-20(25)24(14-16)19-8-5-4-7-18(19)22/h4-5,7-12,16H,2-3,6,13-14H2,1H3,(H,23,26)/t16-/m0/s1. The Labute approximate surface area is 153 Å². The number of carbonyl (C=O) groups excluding carboxylic acids is 2. The lowest BCUT2D eigenvalue weighted by Gasteiger charge is -2.17. The maximum absolute atomic E-state index is 13.9. The molecular weight excluding hydrogens is 331 g/mol. The molecule has 26 heavy (non-hydrogen) atoms. The Hall–Kier alpha value is -2.69. The first-order valence-corrected chi connectivity index (χ1v) is 9.03. The molecule has 0 spiro atoms. The Morgan fingerprint density at radius 2 is 1.92 bits per heavy atom. The summed E-state index contributed by atoms with van der Waals surface area (Å²) in [6.07, 6.45) is 3.41. The van der Waals surface area contributed by atoms with Crippen molar-refractivity contribution in [3.05, 3.63) is 59.9 Å². The molecule has 4 nitrogen and oxygen atoms in total. The van der Waals surface area contributed by atoms with Gasteiger partial charge < -0.3 is 10.2 Å². The van der Waals surface area contributed by atoms with Gasteiger partial charge in [0.25, 0.3) is 0 Å². The normalized spacial score (nSPS) is 16.8. The summed E-state index contributed by atoms with van der Waals surface area (Å²) in [6.45, 7) is 2.35. The second kappa shape index (κ2) is 8.13. The van der Waals surface area contributed by atoms with Crippen molar-refractivity contribution >= 4 is 23.2 Å². The molecule has 5 heteroatoms. The molecule has 3 rings (SSSR count). The van der Waals surface area contributed by atoms with Gasteiger partial charge in [-0.3, -0.25) is 9.59 Å². The zero-order valence-electron chi connectivity index (χ0n) is 14.9. The average Bonchev–Trinajstić information content (AvgIpc) is 3.03. The van der Waals surface area contributed by atoms with Gasteiger partial charge in [-0.05, 0) is 42.7 Å². The lowest BCUT2D eigenvalue weighted by atomic mass is 10.1. The quantitative estimate of drug-likeness (QED) is 0.847. The van der Waals surface area contributed by atoms with Crippen molar-refractivity contribution in [2.45, 2.75) is 32.6 Å². The van der Waals surface area contributed by atoms with Gasteiger partial charge in [-0.2, -0.15) is 0 Å². The van der Waals surface area contributed by atoms with Gasteiger partial charge in [0.1, 0.15) is 5.82 Å². The van der Waals surface area contributed by atoms with E-state index in [9.17, 15) is 14.0 Å². The Balaban J connectivity index is 1.62. The van der Waals surface area contributed by atoms with Gasteiger partial charge in [0, 0.05) is 18.7 Å². The smallest absolute Gasteiger partial charge is 0.229 e. The van der Waals surface area contributed by atoms with Crippen LogP contribution in [-0.4, -0.2) is 18.4 Å². The number of carbonyl (C=O) groups is 2. The summed E-state index contributed by atoms with van der Waals surface area (Å²) in [5, 5.41) is 2.86. The second-order valence-electron chi connectivity index (χ2n) is 6.65. The minimum absolute atomic E-state index is 0.0920. The van der Waals surface area contributed by atoms with Crippen molar-refractivity contribution in [2.24, 2.45) is 5.92 Å². The fraction of sp³-hybridized carbons (Fsp3) is 0.333. The fourth-order valence-electron chi connectivity index (χ4n) is 3.17. The lowest BCUT2D eigenvalue weighted by Crippen LogP contribution is -2.28. The highest BCUT2D eigenvalue weighted by atomic mass is 19.1. The van der Waals surface area contributed by atoms with E-state index in [1.165, 1.54) is 16.5 Å². The molecule has 1 N–H and O–H groups in total. The van der Waals surface area contributed by atoms with E-state index in [0.717, 1.165) is 19.3 Å². The van der Waals surface area contributed by atoms with E-state index in [4.69, 9.17) is 0 Å². The van der Waals surface area contributed by atoms with Crippen LogP contribution in [0.2, 0.25) is 0 Å². The van der Waals surface area contributed by atoms with Gasteiger partial charge in [0.05, 0.1) is 11.6 Å². The van der Waals surface area contributed by atoms with Gasteiger partial charge in [0.2, 0.25) is 11.8 Å². The molecule has 1 fully saturated rings. The van der Waals surface area contributed by atoms with Gasteiger partial charge in [-0.25, -0.2) is 4.39 Å². The predicted molar refractivity (Wildman–Crippen MR) is 101 cm³/mol. The molecule has 2 amide bonds. The van der Waals surface area contributed by atoms with E-state index >= 15 is 0 Å². The van der Waals surface area contributed by atoms with Gasteiger partial charge in [-0.1, -0.05) is 37.6 Å². The van der Waals surface area contributed by atoms with Crippen LogP contribution in [0.4, 0.5) is 15.8 Å². The topological polar surface area (TPSA) is 49.4 Å². The number of nitrogens with one attached hydrogen (secondary N) is 1. The third kappa shape index (κ3) is 4.10. The third-order valence-electron chi connectivity index (χ3n) is 4.68. The molecule has 0 saturated carbocycles. The summed E-state index contributed by atoms with van der Waals surface area (Å²) >= 11 is 0. The predicted octanol–water partition coefficient (Wildman–Crippen LogP) is 4.16. The Morgan fingerprint density at radius 1 is 1.19 bits per heavy atom. The van der Waals surface area contributed by atoms with Crippen LogP contribution in [0, 0.1) is 11.7 Å². The first-order chi connectivity index (χ1) is 12.6. The highest BCUT2D eigenvalue weighted by Gasteiger charge is 2.36. The van der Waals surface area contributed by atoms with Crippen LogP contribution in [0.25, 0.3) is 0 Å². The van der Waals surface area contributed by atoms with E-state index in [1.54, 1.807) is 18.2 Å². The molecule has 136 valence electrons. The van der Waals surface area contributed by atoms with E-state index in [1.807, 2.05) is 24.3 Å². The van der Waals surface area contributed by atoms with Crippen LogP contribution in [0.5, 0.6) is 0 Å². The molecule has 0 aliphatic carbocycles. The monoisotopic (exact) mass is 354 g/mol. The molecule has 1 aliphatic heterocycles. The molecular formula is C21H23FN2O2. The summed E-state index contributed by atoms with van der Waals surface area (Å²) in [7, 11) is 0. The molecule has 2 aromatic rings. The molecule has 0 unspecified atom stereocenters. The number of hydrogen-bond donors (Lipinski definition) is 1. The summed E-state index contributed by atoms with van der Waals surface area (Å²) in [6, 6.07) is 13.9. The molecule has 1 saturated heterocycles. The largest absolute Gasteiger partial charge is 0.326 e. The van der Waals surface area contributed by atoms with Crippen LogP contribution in [-0.2, 0) is 16.0 Å². The number of amides is 2. The number of anilines is 2. The molecule has 0 aromatic heterocycles. The van der Waals surface area contributed by atoms with Gasteiger partial charge in [-0.15, -0.1) is 0 Å². The van der Waals surface area contributed by atoms with Crippen molar-refractivity contribution in [1.82, 2.24) is 0 Å².